The number of anilines is 1. The zero-order valence-electron chi connectivity index (χ0n) is 13.8. The van der Waals surface area contributed by atoms with Gasteiger partial charge in [0.25, 0.3) is 5.91 Å². The SMILES string of the molecule is CC(C)C[C@H](NC(=O)C1CC(CNc2ccccn2)=NO1)B(O)O. The first-order valence-corrected chi connectivity index (χ1v) is 7.98. The topological polar surface area (TPSA) is 116 Å². The van der Waals surface area contributed by atoms with Crippen LogP contribution < -0.4 is 10.6 Å². The maximum absolute atomic E-state index is 12.2. The average Bonchev–Trinajstić information content (AvgIpc) is 3.02. The van der Waals surface area contributed by atoms with Crippen molar-refractivity contribution in [1.29, 1.82) is 0 Å². The van der Waals surface area contributed by atoms with Gasteiger partial charge >= 0.3 is 7.12 Å². The summed E-state index contributed by atoms with van der Waals surface area (Å²) < 4.78 is 0. The van der Waals surface area contributed by atoms with Crippen molar-refractivity contribution < 1.29 is 19.7 Å². The standard InChI is InChI=1S/C15H23BN4O4/c1-10(2)7-13(16(22)23)19-15(21)12-8-11(20-24-12)9-18-14-5-3-4-6-17-14/h3-6,10,12-13,22-23H,7-9H2,1-2H3,(H,17,18)(H,19,21)/t12?,13-/m0/s1. The van der Waals surface area contributed by atoms with Gasteiger partial charge in [-0.2, -0.15) is 0 Å². The van der Waals surface area contributed by atoms with E-state index in [0.717, 1.165) is 0 Å². The largest absolute Gasteiger partial charge is 0.475 e. The number of nitrogens with one attached hydrogen (secondary N) is 2. The van der Waals surface area contributed by atoms with E-state index in [2.05, 4.69) is 20.8 Å². The van der Waals surface area contributed by atoms with Crippen LogP contribution in [0.25, 0.3) is 0 Å². The molecule has 2 rings (SSSR count). The maximum atomic E-state index is 12.2. The van der Waals surface area contributed by atoms with Crippen molar-refractivity contribution in [1.82, 2.24) is 10.3 Å². The van der Waals surface area contributed by atoms with E-state index in [4.69, 9.17) is 4.84 Å². The van der Waals surface area contributed by atoms with Crippen molar-refractivity contribution in [3.05, 3.63) is 24.4 Å². The van der Waals surface area contributed by atoms with Crippen molar-refractivity contribution in [2.45, 2.75) is 38.7 Å². The molecule has 0 aliphatic carbocycles. The van der Waals surface area contributed by atoms with E-state index in [9.17, 15) is 14.8 Å². The van der Waals surface area contributed by atoms with Crippen molar-refractivity contribution >= 4 is 24.6 Å². The van der Waals surface area contributed by atoms with E-state index in [1.807, 2.05) is 32.0 Å². The fourth-order valence-electron chi connectivity index (χ4n) is 2.37. The summed E-state index contributed by atoms with van der Waals surface area (Å²) in [6.07, 6.45) is 1.74. The summed E-state index contributed by atoms with van der Waals surface area (Å²) in [5.41, 5.74) is 0.700. The number of pyridine rings is 1. The van der Waals surface area contributed by atoms with Crippen molar-refractivity contribution in [2.75, 3.05) is 11.9 Å². The molecule has 8 nitrogen and oxygen atoms in total. The molecule has 1 aliphatic heterocycles. The van der Waals surface area contributed by atoms with Gasteiger partial charge < -0.3 is 25.5 Å². The molecule has 1 aliphatic rings. The van der Waals surface area contributed by atoms with Gasteiger partial charge in [0.15, 0.2) is 0 Å². The van der Waals surface area contributed by atoms with Crippen LogP contribution in [-0.2, 0) is 9.63 Å². The first-order valence-electron chi connectivity index (χ1n) is 7.98. The summed E-state index contributed by atoms with van der Waals surface area (Å²) in [5, 5.41) is 28.4. The molecule has 2 atom stereocenters. The van der Waals surface area contributed by atoms with E-state index in [-0.39, 0.29) is 5.92 Å². The van der Waals surface area contributed by atoms with Gasteiger partial charge in [0.2, 0.25) is 6.10 Å². The Morgan fingerprint density at radius 2 is 2.25 bits per heavy atom. The number of carbonyl (C=O) groups is 1. The Hall–Kier alpha value is -2.13. The molecule has 0 saturated carbocycles. The molecule has 0 aromatic carbocycles. The Morgan fingerprint density at radius 3 is 2.88 bits per heavy atom. The van der Waals surface area contributed by atoms with Gasteiger partial charge in [-0.1, -0.05) is 25.1 Å². The third-order valence-electron chi connectivity index (χ3n) is 3.57. The summed E-state index contributed by atoms with van der Waals surface area (Å²) in [6.45, 7) is 4.31. The zero-order chi connectivity index (χ0) is 17.5. The van der Waals surface area contributed by atoms with Crippen molar-refractivity contribution in [3.63, 3.8) is 0 Å². The summed E-state index contributed by atoms with van der Waals surface area (Å²) in [4.78, 5) is 21.5. The van der Waals surface area contributed by atoms with Crippen molar-refractivity contribution in [2.24, 2.45) is 11.1 Å². The van der Waals surface area contributed by atoms with Crippen LogP contribution in [0, 0.1) is 5.92 Å². The van der Waals surface area contributed by atoms with E-state index in [1.165, 1.54) is 0 Å². The average molecular weight is 334 g/mol. The van der Waals surface area contributed by atoms with Crippen molar-refractivity contribution in [3.8, 4) is 0 Å². The van der Waals surface area contributed by atoms with Crippen LogP contribution in [0.15, 0.2) is 29.6 Å². The van der Waals surface area contributed by atoms with Gasteiger partial charge in [-0.25, -0.2) is 4.98 Å². The van der Waals surface area contributed by atoms with E-state index >= 15 is 0 Å². The Balaban J connectivity index is 1.79. The number of rotatable bonds is 8. The van der Waals surface area contributed by atoms with Crippen LogP contribution >= 0.6 is 0 Å². The second-order valence-corrected chi connectivity index (χ2v) is 6.18. The highest BCUT2D eigenvalue weighted by Gasteiger charge is 2.33. The molecule has 0 spiro atoms. The summed E-state index contributed by atoms with van der Waals surface area (Å²) >= 11 is 0. The van der Waals surface area contributed by atoms with Gasteiger partial charge in [0.05, 0.1) is 18.2 Å². The Morgan fingerprint density at radius 1 is 1.46 bits per heavy atom. The number of oxime groups is 1. The molecule has 1 aromatic rings. The van der Waals surface area contributed by atoms with Gasteiger partial charge in [0, 0.05) is 12.6 Å². The van der Waals surface area contributed by atoms with Crippen LogP contribution in [0.4, 0.5) is 5.82 Å². The number of carbonyl (C=O) groups excluding carboxylic acids is 1. The lowest BCUT2D eigenvalue weighted by Crippen LogP contribution is -2.50. The molecule has 0 bridgehead atoms. The van der Waals surface area contributed by atoms with Crippen LogP contribution in [0.5, 0.6) is 0 Å². The summed E-state index contributed by atoms with van der Waals surface area (Å²) in [6, 6.07) is 5.53. The molecule has 1 aromatic heterocycles. The highest BCUT2D eigenvalue weighted by atomic mass is 16.6. The second-order valence-electron chi connectivity index (χ2n) is 6.18. The number of aromatic nitrogens is 1. The molecule has 0 radical (unpaired) electrons. The molecule has 4 N–H and O–H groups in total. The van der Waals surface area contributed by atoms with Gasteiger partial charge in [0.1, 0.15) is 5.82 Å². The van der Waals surface area contributed by atoms with Crippen LogP contribution in [0.1, 0.15) is 26.7 Å². The first-order chi connectivity index (χ1) is 11.5. The Kier molecular flexibility index (Phi) is 6.57. The summed E-state index contributed by atoms with van der Waals surface area (Å²) in [5.74, 6) is -0.188. The highest BCUT2D eigenvalue weighted by Crippen LogP contribution is 2.13. The molecule has 1 unspecified atom stereocenters. The third-order valence-corrected chi connectivity index (χ3v) is 3.57. The predicted octanol–water partition coefficient (Wildman–Crippen LogP) is 0.181. The number of amides is 1. The fraction of sp³-hybridized carbons (Fsp3) is 0.533. The molecule has 1 amide bonds. The lowest BCUT2D eigenvalue weighted by molar-refractivity contribution is -0.131. The number of hydrogen-bond acceptors (Lipinski definition) is 7. The second kappa shape index (κ2) is 8.65. The molecule has 2 heterocycles. The Labute approximate surface area is 141 Å². The smallest absolute Gasteiger partial charge is 0.426 e. The van der Waals surface area contributed by atoms with Gasteiger partial charge in [-0.15, -0.1) is 0 Å². The quantitative estimate of drug-likeness (QED) is 0.504. The van der Waals surface area contributed by atoms with E-state index < -0.39 is 25.1 Å². The number of hydrogen-bond donors (Lipinski definition) is 4. The minimum Gasteiger partial charge on any atom is -0.426 e. The van der Waals surface area contributed by atoms with Crippen LogP contribution in [0.3, 0.4) is 0 Å². The fourth-order valence-corrected chi connectivity index (χ4v) is 2.37. The minimum absolute atomic E-state index is 0.218. The Bertz CT molecular complexity index is 568. The van der Waals surface area contributed by atoms with E-state index in [0.29, 0.717) is 30.9 Å². The first kappa shape index (κ1) is 18.2. The van der Waals surface area contributed by atoms with Gasteiger partial charge in [-0.05, 0) is 24.5 Å². The monoisotopic (exact) mass is 334 g/mol. The van der Waals surface area contributed by atoms with Gasteiger partial charge in [-0.3, -0.25) is 4.79 Å². The molecular weight excluding hydrogens is 311 g/mol. The minimum atomic E-state index is -1.61. The lowest BCUT2D eigenvalue weighted by Gasteiger charge is -2.20. The molecule has 0 saturated heterocycles. The predicted molar refractivity (Wildman–Crippen MR) is 91.2 cm³/mol. The van der Waals surface area contributed by atoms with Crippen LogP contribution in [-0.4, -0.2) is 52.4 Å². The molecule has 130 valence electrons. The molecule has 0 fully saturated rings. The summed E-state index contributed by atoms with van der Waals surface area (Å²) in [7, 11) is -1.61. The highest BCUT2D eigenvalue weighted by molar-refractivity contribution is 6.43. The number of nitrogens with zero attached hydrogens (tertiary/aromatic N) is 2. The molecule has 24 heavy (non-hydrogen) atoms. The zero-order valence-corrected chi connectivity index (χ0v) is 13.8. The molecular formula is C15H23BN4O4. The van der Waals surface area contributed by atoms with Crippen LogP contribution in [0.2, 0.25) is 0 Å². The lowest BCUT2D eigenvalue weighted by atomic mass is 9.75. The maximum Gasteiger partial charge on any atom is 0.475 e. The van der Waals surface area contributed by atoms with E-state index in [1.54, 1.807) is 6.20 Å². The third kappa shape index (κ3) is 5.50. The molecule has 9 heteroatoms. The normalized spacial score (nSPS) is 17.9.